The summed E-state index contributed by atoms with van der Waals surface area (Å²) in [4.78, 5) is 0. The Morgan fingerprint density at radius 2 is 2.00 bits per heavy atom. The lowest BCUT2D eigenvalue weighted by atomic mass is 10.3. The van der Waals surface area contributed by atoms with E-state index in [2.05, 4.69) is 31.9 Å². The Hall–Kier alpha value is -0.220. The van der Waals surface area contributed by atoms with Crippen LogP contribution in [0.1, 0.15) is 6.92 Å². The van der Waals surface area contributed by atoms with E-state index in [1.54, 1.807) is 7.11 Å². The van der Waals surface area contributed by atoms with Gasteiger partial charge in [0, 0.05) is 4.47 Å². The second kappa shape index (κ2) is 4.86. The SMILES string of the molecule is CCOc1c(Br)cc(Br)cc1OC. The van der Waals surface area contributed by atoms with E-state index in [9.17, 15) is 0 Å². The summed E-state index contributed by atoms with van der Waals surface area (Å²) >= 11 is 6.78. The molecule has 1 aromatic carbocycles. The summed E-state index contributed by atoms with van der Waals surface area (Å²) in [5.74, 6) is 1.47. The quantitative estimate of drug-likeness (QED) is 0.849. The van der Waals surface area contributed by atoms with E-state index < -0.39 is 0 Å². The first kappa shape index (κ1) is 10.9. The van der Waals surface area contributed by atoms with Crippen molar-refractivity contribution >= 4 is 31.9 Å². The fourth-order valence-electron chi connectivity index (χ4n) is 0.973. The molecule has 0 aliphatic heterocycles. The van der Waals surface area contributed by atoms with E-state index >= 15 is 0 Å². The van der Waals surface area contributed by atoms with Gasteiger partial charge in [-0.3, -0.25) is 0 Å². The molecule has 2 nitrogen and oxygen atoms in total. The Balaban J connectivity index is 3.13. The second-order valence-corrected chi connectivity index (χ2v) is 4.12. The lowest BCUT2D eigenvalue weighted by Gasteiger charge is -2.11. The van der Waals surface area contributed by atoms with Crippen LogP contribution in [-0.2, 0) is 0 Å². The topological polar surface area (TPSA) is 18.5 Å². The normalized spacial score (nSPS) is 9.85. The van der Waals surface area contributed by atoms with E-state index in [0.29, 0.717) is 6.61 Å². The predicted octanol–water partition coefficient (Wildman–Crippen LogP) is 3.62. The van der Waals surface area contributed by atoms with Gasteiger partial charge in [-0.05, 0) is 35.0 Å². The van der Waals surface area contributed by atoms with Crippen molar-refractivity contribution in [2.24, 2.45) is 0 Å². The van der Waals surface area contributed by atoms with Gasteiger partial charge >= 0.3 is 0 Å². The molecule has 0 fully saturated rings. The summed E-state index contributed by atoms with van der Waals surface area (Å²) in [7, 11) is 1.62. The highest BCUT2D eigenvalue weighted by molar-refractivity contribution is 9.11. The van der Waals surface area contributed by atoms with Crippen molar-refractivity contribution in [1.29, 1.82) is 0 Å². The van der Waals surface area contributed by atoms with Gasteiger partial charge in [0.25, 0.3) is 0 Å². The molecule has 0 aromatic heterocycles. The molecule has 0 unspecified atom stereocenters. The number of ether oxygens (including phenoxy) is 2. The third-order valence-electron chi connectivity index (χ3n) is 1.48. The zero-order valence-electron chi connectivity index (χ0n) is 7.43. The lowest BCUT2D eigenvalue weighted by molar-refractivity contribution is 0.309. The molecular weight excluding hydrogens is 300 g/mol. The average molecular weight is 310 g/mol. The van der Waals surface area contributed by atoms with Gasteiger partial charge in [0.15, 0.2) is 11.5 Å². The van der Waals surface area contributed by atoms with Crippen molar-refractivity contribution in [2.45, 2.75) is 6.92 Å². The number of methoxy groups -OCH3 is 1. The molecule has 0 heterocycles. The predicted molar refractivity (Wildman–Crippen MR) is 59.6 cm³/mol. The molecule has 0 saturated carbocycles. The largest absolute Gasteiger partial charge is 0.493 e. The molecule has 0 amide bonds. The van der Waals surface area contributed by atoms with Crippen LogP contribution in [0.3, 0.4) is 0 Å². The smallest absolute Gasteiger partial charge is 0.175 e. The van der Waals surface area contributed by atoms with Crippen molar-refractivity contribution in [1.82, 2.24) is 0 Å². The molecule has 13 heavy (non-hydrogen) atoms. The molecule has 0 atom stereocenters. The lowest BCUT2D eigenvalue weighted by Crippen LogP contribution is -1.96. The Morgan fingerprint density at radius 3 is 2.54 bits per heavy atom. The minimum absolute atomic E-state index is 0.622. The van der Waals surface area contributed by atoms with Gasteiger partial charge in [-0.25, -0.2) is 0 Å². The maximum atomic E-state index is 5.42. The van der Waals surface area contributed by atoms with Crippen LogP contribution in [0.4, 0.5) is 0 Å². The van der Waals surface area contributed by atoms with Gasteiger partial charge in [-0.2, -0.15) is 0 Å². The third-order valence-corrected chi connectivity index (χ3v) is 2.53. The summed E-state index contributed by atoms with van der Waals surface area (Å²) in [5.41, 5.74) is 0. The average Bonchev–Trinajstić information content (AvgIpc) is 2.09. The van der Waals surface area contributed by atoms with Crippen LogP contribution in [0.25, 0.3) is 0 Å². The summed E-state index contributed by atoms with van der Waals surface area (Å²) < 4.78 is 12.4. The standard InChI is InChI=1S/C9H10Br2O2/c1-3-13-9-7(11)4-6(10)5-8(9)12-2/h4-5H,3H2,1-2H3. The van der Waals surface area contributed by atoms with Crippen LogP contribution in [-0.4, -0.2) is 13.7 Å². The second-order valence-electron chi connectivity index (χ2n) is 2.35. The molecular formula is C9H10Br2O2. The van der Waals surface area contributed by atoms with Gasteiger partial charge in [0.05, 0.1) is 18.2 Å². The first-order valence-corrected chi connectivity index (χ1v) is 5.43. The van der Waals surface area contributed by atoms with E-state index in [0.717, 1.165) is 20.4 Å². The van der Waals surface area contributed by atoms with E-state index in [1.807, 2.05) is 19.1 Å². The first-order chi connectivity index (χ1) is 6.19. The van der Waals surface area contributed by atoms with E-state index in [1.165, 1.54) is 0 Å². The maximum absolute atomic E-state index is 5.42. The monoisotopic (exact) mass is 308 g/mol. The van der Waals surface area contributed by atoms with Crippen LogP contribution in [0.5, 0.6) is 11.5 Å². The number of rotatable bonds is 3. The molecule has 0 bridgehead atoms. The first-order valence-electron chi connectivity index (χ1n) is 3.84. The molecule has 1 aromatic rings. The van der Waals surface area contributed by atoms with E-state index in [-0.39, 0.29) is 0 Å². The molecule has 0 N–H and O–H groups in total. The van der Waals surface area contributed by atoms with Crippen LogP contribution in [0.2, 0.25) is 0 Å². The van der Waals surface area contributed by atoms with Gasteiger partial charge in [0.1, 0.15) is 0 Å². The fourth-order valence-corrected chi connectivity index (χ4v) is 2.27. The summed E-state index contributed by atoms with van der Waals surface area (Å²) in [6.07, 6.45) is 0. The third kappa shape index (κ3) is 2.61. The molecule has 72 valence electrons. The maximum Gasteiger partial charge on any atom is 0.175 e. The summed E-state index contributed by atoms with van der Waals surface area (Å²) in [6.45, 7) is 2.56. The zero-order chi connectivity index (χ0) is 9.84. The van der Waals surface area contributed by atoms with Crippen LogP contribution < -0.4 is 9.47 Å². The van der Waals surface area contributed by atoms with Gasteiger partial charge in [-0.15, -0.1) is 0 Å². The van der Waals surface area contributed by atoms with Crippen molar-refractivity contribution in [2.75, 3.05) is 13.7 Å². The molecule has 1 rings (SSSR count). The van der Waals surface area contributed by atoms with Gasteiger partial charge < -0.3 is 9.47 Å². The minimum Gasteiger partial charge on any atom is -0.493 e. The van der Waals surface area contributed by atoms with E-state index in [4.69, 9.17) is 9.47 Å². The highest BCUT2D eigenvalue weighted by Crippen LogP contribution is 2.38. The van der Waals surface area contributed by atoms with Crippen molar-refractivity contribution in [3.8, 4) is 11.5 Å². The summed E-state index contributed by atoms with van der Waals surface area (Å²) in [5, 5.41) is 0. The number of hydrogen-bond donors (Lipinski definition) is 0. The van der Waals surface area contributed by atoms with Crippen LogP contribution in [0.15, 0.2) is 21.1 Å². The molecule has 0 spiro atoms. The van der Waals surface area contributed by atoms with Crippen molar-refractivity contribution < 1.29 is 9.47 Å². The van der Waals surface area contributed by atoms with Gasteiger partial charge in [-0.1, -0.05) is 15.9 Å². The number of benzene rings is 1. The Bertz CT molecular complexity index is 300. The highest BCUT2D eigenvalue weighted by Gasteiger charge is 2.09. The molecule has 0 radical (unpaired) electrons. The van der Waals surface area contributed by atoms with Crippen LogP contribution in [0, 0.1) is 0 Å². The Labute approximate surface area is 94.5 Å². The highest BCUT2D eigenvalue weighted by atomic mass is 79.9. The Kier molecular flexibility index (Phi) is 4.06. The van der Waals surface area contributed by atoms with Crippen LogP contribution >= 0.6 is 31.9 Å². The molecule has 0 aliphatic carbocycles. The number of hydrogen-bond acceptors (Lipinski definition) is 2. The van der Waals surface area contributed by atoms with Crippen molar-refractivity contribution in [3.05, 3.63) is 21.1 Å². The van der Waals surface area contributed by atoms with Gasteiger partial charge in [0.2, 0.25) is 0 Å². The minimum atomic E-state index is 0.622. The molecule has 4 heteroatoms. The van der Waals surface area contributed by atoms with Crippen molar-refractivity contribution in [3.63, 3.8) is 0 Å². The fraction of sp³-hybridized carbons (Fsp3) is 0.333. The Morgan fingerprint density at radius 1 is 1.31 bits per heavy atom. The summed E-state index contributed by atoms with van der Waals surface area (Å²) in [6, 6.07) is 3.79. The molecule has 0 saturated heterocycles. The number of halogens is 2. The molecule has 0 aliphatic rings. The zero-order valence-corrected chi connectivity index (χ0v) is 10.6.